The molecule has 0 saturated heterocycles. The lowest BCUT2D eigenvalue weighted by Gasteiger charge is -2.25. The van der Waals surface area contributed by atoms with E-state index in [0.717, 1.165) is 6.07 Å². The van der Waals surface area contributed by atoms with Crippen molar-refractivity contribution in [3.05, 3.63) is 40.3 Å². The maximum Gasteiger partial charge on any atom is 0.471 e. The molecule has 1 heterocycles. The van der Waals surface area contributed by atoms with Crippen LogP contribution in [0.1, 0.15) is 47.7 Å². The number of benzene rings is 1. The number of aryl methyl sites for hydroxylation is 1. The first-order valence-electron chi connectivity index (χ1n) is 10.9. The third kappa shape index (κ3) is 5.08. The summed E-state index contributed by atoms with van der Waals surface area (Å²) < 4.78 is 52.2. The van der Waals surface area contributed by atoms with E-state index in [4.69, 9.17) is 17.3 Å². The SMILES string of the molecule is Cn1nc(C2CC3CC(O)(CNC(=O)C(F)(F)F)CC3C2)c(C(=O)Nc2ccc(F)c(Cl)c2)c1N. The van der Waals surface area contributed by atoms with E-state index in [2.05, 4.69) is 10.4 Å². The van der Waals surface area contributed by atoms with Crippen LogP contribution < -0.4 is 16.4 Å². The van der Waals surface area contributed by atoms with Crippen molar-refractivity contribution in [3.8, 4) is 0 Å². The number of nitrogens with two attached hydrogens (primary N) is 1. The molecule has 2 saturated carbocycles. The molecule has 190 valence electrons. The molecule has 0 spiro atoms. The number of nitrogens with one attached hydrogen (secondary N) is 2. The molecule has 13 heteroatoms. The van der Waals surface area contributed by atoms with Crippen LogP contribution in [0.25, 0.3) is 0 Å². The number of carbonyl (C=O) groups is 2. The van der Waals surface area contributed by atoms with Gasteiger partial charge in [0.25, 0.3) is 5.91 Å². The van der Waals surface area contributed by atoms with Crippen LogP contribution in [0.5, 0.6) is 0 Å². The number of nitrogen functional groups attached to an aromatic ring is 1. The molecule has 2 atom stereocenters. The monoisotopic (exact) mass is 517 g/mol. The zero-order valence-corrected chi connectivity index (χ0v) is 19.4. The highest BCUT2D eigenvalue weighted by Crippen LogP contribution is 2.54. The van der Waals surface area contributed by atoms with Crippen molar-refractivity contribution < 1.29 is 32.3 Å². The highest BCUT2D eigenvalue weighted by Gasteiger charge is 2.51. The zero-order chi connectivity index (χ0) is 25.7. The Labute approximate surface area is 202 Å². The maximum atomic E-state index is 13.4. The first-order chi connectivity index (χ1) is 16.3. The van der Waals surface area contributed by atoms with Crippen molar-refractivity contribution in [2.45, 2.75) is 43.4 Å². The molecule has 2 aliphatic rings. The van der Waals surface area contributed by atoms with E-state index in [1.165, 1.54) is 16.8 Å². The molecular weight excluding hydrogens is 494 g/mol. The van der Waals surface area contributed by atoms with E-state index in [-0.39, 0.29) is 52.7 Å². The van der Waals surface area contributed by atoms with Crippen molar-refractivity contribution in [1.82, 2.24) is 15.1 Å². The molecule has 8 nitrogen and oxygen atoms in total. The molecule has 2 amide bonds. The highest BCUT2D eigenvalue weighted by atomic mass is 35.5. The predicted octanol–water partition coefficient (Wildman–Crippen LogP) is 3.36. The Morgan fingerprint density at radius 3 is 2.49 bits per heavy atom. The molecule has 0 radical (unpaired) electrons. The van der Waals surface area contributed by atoms with Crippen LogP contribution in [0.3, 0.4) is 0 Å². The second-order valence-corrected chi connectivity index (χ2v) is 9.76. The van der Waals surface area contributed by atoms with E-state index < -0.39 is 36.0 Å². The molecule has 2 aliphatic carbocycles. The number of fused-ring (bicyclic) bond motifs is 1. The fourth-order valence-corrected chi connectivity index (χ4v) is 5.51. The number of rotatable bonds is 5. The van der Waals surface area contributed by atoms with E-state index in [1.54, 1.807) is 12.4 Å². The van der Waals surface area contributed by atoms with Crippen molar-refractivity contribution in [1.29, 1.82) is 0 Å². The minimum absolute atomic E-state index is 0.0113. The number of carbonyl (C=O) groups excluding carboxylic acids is 2. The van der Waals surface area contributed by atoms with Gasteiger partial charge in [0.1, 0.15) is 17.2 Å². The second-order valence-electron chi connectivity index (χ2n) is 9.35. The zero-order valence-electron chi connectivity index (χ0n) is 18.6. The fraction of sp³-hybridized carbons (Fsp3) is 0.500. The first kappa shape index (κ1) is 25.2. The number of aliphatic hydroxyl groups is 1. The summed E-state index contributed by atoms with van der Waals surface area (Å²) in [5.41, 5.74) is 5.65. The van der Waals surface area contributed by atoms with Crippen LogP contribution in [-0.2, 0) is 11.8 Å². The Balaban J connectivity index is 1.45. The number of amides is 2. The molecule has 4 rings (SSSR count). The average molecular weight is 518 g/mol. The predicted molar refractivity (Wildman–Crippen MR) is 119 cm³/mol. The summed E-state index contributed by atoms with van der Waals surface area (Å²) in [7, 11) is 1.60. The number of halogens is 5. The van der Waals surface area contributed by atoms with Crippen LogP contribution >= 0.6 is 11.6 Å². The summed E-state index contributed by atoms with van der Waals surface area (Å²) >= 11 is 5.79. The number of hydrogen-bond donors (Lipinski definition) is 4. The molecule has 35 heavy (non-hydrogen) atoms. The van der Waals surface area contributed by atoms with Crippen molar-refractivity contribution in [2.75, 3.05) is 17.6 Å². The van der Waals surface area contributed by atoms with E-state index >= 15 is 0 Å². The quantitative estimate of drug-likeness (QED) is 0.453. The maximum absolute atomic E-state index is 13.4. The molecule has 2 unspecified atom stereocenters. The van der Waals surface area contributed by atoms with E-state index in [0.29, 0.717) is 18.5 Å². The Bertz CT molecular complexity index is 1150. The summed E-state index contributed by atoms with van der Waals surface area (Å²) in [6, 6.07) is 3.77. The third-order valence-electron chi connectivity index (χ3n) is 6.87. The van der Waals surface area contributed by atoms with Crippen LogP contribution in [0, 0.1) is 17.7 Å². The molecule has 5 N–H and O–H groups in total. The van der Waals surface area contributed by atoms with Gasteiger partial charge in [-0.25, -0.2) is 4.39 Å². The molecule has 0 bridgehead atoms. The van der Waals surface area contributed by atoms with Crippen molar-refractivity contribution in [3.63, 3.8) is 0 Å². The average Bonchev–Trinajstić information content (AvgIpc) is 3.37. The number of alkyl halides is 3. The van der Waals surface area contributed by atoms with Gasteiger partial charge >= 0.3 is 12.1 Å². The van der Waals surface area contributed by atoms with Gasteiger partial charge < -0.3 is 21.5 Å². The van der Waals surface area contributed by atoms with Gasteiger partial charge in [0, 0.05) is 25.2 Å². The van der Waals surface area contributed by atoms with Crippen LogP contribution in [0.4, 0.5) is 29.1 Å². The summed E-state index contributed by atoms with van der Waals surface area (Å²) in [4.78, 5) is 24.2. The minimum atomic E-state index is -5.01. The minimum Gasteiger partial charge on any atom is -0.388 e. The Kier molecular flexibility index (Phi) is 6.47. The highest BCUT2D eigenvalue weighted by molar-refractivity contribution is 6.31. The Morgan fingerprint density at radius 2 is 1.91 bits per heavy atom. The first-order valence-corrected chi connectivity index (χ1v) is 11.3. The number of nitrogens with zero attached hydrogens (tertiary/aromatic N) is 2. The summed E-state index contributed by atoms with van der Waals surface area (Å²) in [6.07, 6.45) is -3.45. The number of aromatic nitrogens is 2. The topological polar surface area (TPSA) is 122 Å². The standard InChI is InChI=1S/C22H24ClF4N5O3/c1-32-18(28)16(19(33)30-13-2-3-15(24)14(23)6-13)17(31-32)10-4-11-7-21(35,8-12(11)5-10)9-29-20(34)22(25,26)27/h2-3,6,10-12,35H,4-5,7-9,28H2,1H3,(H,29,34)(H,30,33). The lowest BCUT2D eigenvalue weighted by molar-refractivity contribution is -0.174. The van der Waals surface area contributed by atoms with Crippen molar-refractivity contribution >= 4 is 34.9 Å². The van der Waals surface area contributed by atoms with Crippen LogP contribution in [-0.4, -0.2) is 45.0 Å². The van der Waals surface area contributed by atoms with Gasteiger partial charge in [-0.2, -0.15) is 18.3 Å². The van der Waals surface area contributed by atoms with Gasteiger partial charge in [0.15, 0.2) is 0 Å². The molecule has 1 aromatic heterocycles. The Morgan fingerprint density at radius 1 is 1.29 bits per heavy atom. The third-order valence-corrected chi connectivity index (χ3v) is 7.16. The van der Waals surface area contributed by atoms with Crippen LogP contribution in [0.2, 0.25) is 5.02 Å². The smallest absolute Gasteiger partial charge is 0.388 e. The molecule has 2 fully saturated rings. The largest absolute Gasteiger partial charge is 0.471 e. The number of anilines is 2. The van der Waals surface area contributed by atoms with Crippen LogP contribution in [0.15, 0.2) is 18.2 Å². The van der Waals surface area contributed by atoms with Gasteiger partial charge in [-0.3, -0.25) is 14.3 Å². The molecular formula is C22H24ClF4N5O3. The molecule has 2 aromatic rings. The van der Waals surface area contributed by atoms with E-state index in [9.17, 15) is 32.3 Å². The fourth-order valence-electron chi connectivity index (χ4n) is 5.33. The van der Waals surface area contributed by atoms with Gasteiger partial charge in [-0.15, -0.1) is 0 Å². The van der Waals surface area contributed by atoms with Gasteiger partial charge in [0.05, 0.1) is 16.3 Å². The Hall–Kier alpha value is -2.86. The summed E-state index contributed by atoms with van der Waals surface area (Å²) in [5, 5.41) is 19.5. The lowest BCUT2D eigenvalue weighted by atomic mass is 9.91. The van der Waals surface area contributed by atoms with Gasteiger partial charge in [-0.1, -0.05) is 11.6 Å². The summed E-state index contributed by atoms with van der Waals surface area (Å²) in [5.74, 6) is -3.26. The van der Waals surface area contributed by atoms with E-state index in [1.807, 2.05) is 0 Å². The summed E-state index contributed by atoms with van der Waals surface area (Å²) in [6.45, 7) is -0.479. The number of hydrogen-bond acceptors (Lipinski definition) is 5. The lowest BCUT2D eigenvalue weighted by Crippen LogP contribution is -2.46. The van der Waals surface area contributed by atoms with Crippen molar-refractivity contribution in [2.24, 2.45) is 18.9 Å². The molecule has 0 aliphatic heterocycles. The second kappa shape index (κ2) is 8.98. The van der Waals surface area contributed by atoms with Gasteiger partial charge in [0.2, 0.25) is 0 Å². The normalized spacial score (nSPS) is 26.0. The molecule has 1 aromatic carbocycles. The van der Waals surface area contributed by atoms with Gasteiger partial charge in [-0.05, 0) is 55.7 Å².